The highest BCUT2D eigenvalue weighted by Crippen LogP contribution is 2.40. The molecule has 0 spiro atoms. The molecule has 66 valence electrons. The molecule has 0 aromatic heterocycles. The number of nitrogens with zero attached hydrogens (tertiary/aromatic N) is 1. The van der Waals surface area contributed by atoms with Crippen LogP contribution in [-0.4, -0.2) is 18.5 Å². The topological polar surface area (TPSA) is 3.24 Å². The Morgan fingerprint density at radius 1 is 1.15 bits per heavy atom. The summed E-state index contributed by atoms with van der Waals surface area (Å²) in [7, 11) is 2.21. The van der Waals surface area contributed by atoms with Gasteiger partial charge >= 0.3 is 0 Å². The molecule has 0 saturated heterocycles. The molecule has 0 amide bonds. The third kappa shape index (κ3) is 0.909. The van der Waals surface area contributed by atoms with Gasteiger partial charge in [-0.3, -0.25) is 4.90 Å². The number of benzene rings is 1. The molecule has 2 atom stereocenters. The predicted octanol–water partition coefficient (Wildman–Crippen LogP) is 2.33. The smallest absolute Gasteiger partial charge is 0.0532 e. The van der Waals surface area contributed by atoms with Crippen LogP contribution < -0.4 is 0 Å². The van der Waals surface area contributed by atoms with Gasteiger partial charge in [0.25, 0.3) is 0 Å². The monoisotopic (exact) mass is 171 g/mol. The molecule has 2 aliphatic heterocycles. The third-order valence-corrected chi connectivity index (χ3v) is 3.20. The van der Waals surface area contributed by atoms with Crippen molar-refractivity contribution in [2.45, 2.75) is 12.0 Å². The summed E-state index contributed by atoms with van der Waals surface area (Å²) < 4.78 is 0. The van der Waals surface area contributed by atoms with Crippen LogP contribution in [0.4, 0.5) is 0 Å². The van der Waals surface area contributed by atoms with Crippen LogP contribution >= 0.6 is 0 Å². The summed E-state index contributed by atoms with van der Waals surface area (Å²) in [6, 6.07) is 9.34. The van der Waals surface area contributed by atoms with Crippen LogP contribution in [0.15, 0.2) is 36.4 Å². The van der Waals surface area contributed by atoms with Crippen LogP contribution in [0, 0.1) is 0 Å². The van der Waals surface area contributed by atoms with Crippen LogP contribution in [0.2, 0.25) is 0 Å². The molecule has 0 saturated carbocycles. The van der Waals surface area contributed by atoms with Crippen LogP contribution in [-0.2, 0) is 0 Å². The van der Waals surface area contributed by atoms with E-state index in [4.69, 9.17) is 0 Å². The van der Waals surface area contributed by atoms with E-state index in [1.807, 2.05) is 0 Å². The van der Waals surface area contributed by atoms with Crippen molar-refractivity contribution in [3.63, 3.8) is 0 Å². The predicted molar refractivity (Wildman–Crippen MR) is 53.7 cm³/mol. The summed E-state index contributed by atoms with van der Waals surface area (Å²) in [5.74, 6) is 0.631. The van der Waals surface area contributed by atoms with Crippen molar-refractivity contribution in [2.75, 3.05) is 13.6 Å². The standard InChI is InChI=1S/C12H13N/c1-13-8-9-6-7-12(13)11-5-3-2-4-10(9)11/h2-7,9,12H,8H2,1H3. The van der Waals surface area contributed by atoms with E-state index in [-0.39, 0.29) is 0 Å². The van der Waals surface area contributed by atoms with E-state index in [2.05, 4.69) is 48.4 Å². The molecule has 2 unspecified atom stereocenters. The highest BCUT2D eigenvalue weighted by molar-refractivity contribution is 5.43. The Hall–Kier alpha value is -1.08. The highest BCUT2D eigenvalue weighted by atomic mass is 15.1. The largest absolute Gasteiger partial charge is 0.295 e. The molecule has 1 aliphatic carbocycles. The molecule has 0 fully saturated rings. The fourth-order valence-electron chi connectivity index (χ4n) is 2.53. The number of likely N-dealkylation sites (N-methyl/N-ethyl adjacent to an activating group) is 1. The van der Waals surface area contributed by atoms with E-state index in [0.29, 0.717) is 12.0 Å². The van der Waals surface area contributed by atoms with Gasteiger partial charge in [0, 0.05) is 12.5 Å². The van der Waals surface area contributed by atoms with Gasteiger partial charge in [0.15, 0.2) is 0 Å². The minimum absolute atomic E-state index is 0.529. The van der Waals surface area contributed by atoms with Crippen molar-refractivity contribution in [3.8, 4) is 0 Å². The first-order valence-electron chi connectivity index (χ1n) is 4.83. The second-order valence-electron chi connectivity index (χ2n) is 4.00. The lowest BCUT2D eigenvalue weighted by molar-refractivity contribution is 0.244. The van der Waals surface area contributed by atoms with Crippen molar-refractivity contribution >= 4 is 0 Å². The van der Waals surface area contributed by atoms with Gasteiger partial charge in [-0.15, -0.1) is 0 Å². The second-order valence-corrected chi connectivity index (χ2v) is 4.00. The Morgan fingerprint density at radius 2 is 1.92 bits per heavy atom. The normalized spacial score (nSPS) is 30.5. The molecule has 0 N–H and O–H groups in total. The minimum atomic E-state index is 0.529. The molecule has 1 heteroatoms. The van der Waals surface area contributed by atoms with Crippen molar-refractivity contribution in [3.05, 3.63) is 47.5 Å². The van der Waals surface area contributed by atoms with E-state index < -0.39 is 0 Å². The Morgan fingerprint density at radius 3 is 2.69 bits per heavy atom. The van der Waals surface area contributed by atoms with Gasteiger partial charge in [0.05, 0.1) is 6.04 Å². The average Bonchev–Trinajstić information content (AvgIpc) is 2.19. The Labute approximate surface area is 78.7 Å². The Balaban J connectivity index is 2.21. The van der Waals surface area contributed by atoms with E-state index in [1.54, 1.807) is 0 Å². The SMILES string of the molecule is CN1CC2C=CC1c1ccccc12. The van der Waals surface area contributed by atoms with Crippen molar-refractivity contribution in [2.24, 2.45) is 0 Å². The second kappa shape index (κ2) is 2.46. The molecule has 1 aromatic rings. The molecule has 3 aliphatic rings. The van der Waals surface area contributed by atoms with E-state index in [0.717, 1.165) is 0 Å². The van der Waals surface area contributed by atoms with Gasteiger partial charge in [-0.25, -0.2) is 0 Å². The highest BCUT2D eigenvalue weighted by Gasteiger charge is 2.31. The molecular weight excluding hydrogens is 158 g/mol. The number of hydrogen-bond acceptors (Lipinski definition) is 1. The van der Waals surface area contributed by atoms with Crippen molar-refractivity contribution in [1.82, 2.24) is 4.90 Å². The molecule has 1 nitrogen and oxygen atoms in total. The molecule has 2 heterocycles. The first-order valence-corrected chi connectivity index (χ1v) is 4.83. The zero-order valence-electron chi connectivity index (χ0n) is 7.77. The minimum Gasteiger partial charge on any atom is -0.295 e. The van der Waals surface area contributed by atoms with Gasteiger partial charge in [-0.1, -0.05) is 36.4 Å². The van der Waals surface area contributed by atoms with E-state index >= 15 is 0 Å². The van der Waals surface area contributed by atoms with Gasteiger partial charge in [-0.05, 0) is 18.2 Å². The van der Waals surface area contributed by atoms with Crippen LogP contribution in [0.3, 0.4) is 0 Å². The van der Waals surface area contributed by atoms with Gasteiger partial charge < -0.3 is 0 Å². The van der Waals surface area contributed by atoms with Crippen LogP contribution in [0.25, 0.3) is 0 Å². The first-order chi connectivity index (χ1) is 6.36. The lowest BCUT2D eigenvalue weighted by atomic mass is 9.80. The maximum atomic E-state index is 2.42. The fraction of sp³-hybridized carbons (Fsp3) is 0.333. The number of fused-ring (bicyclic) bond motifs is 1. The van der Waals surface area contributed by atoms with Crippen molar-refractivity contribution in [1.29, 1.82) is 0 Å². The molecule has 13 heavy (non-hydrogen) atoms. The maximum absolute atomic E-state index is 2.42. The lowest BCUT2D eigenvalue weighted by Gasteiger charge is -2.40. The summed E-state index contributed by atoms with van der Waals surface area (Å²) in [4.78, 5) is 2.42. The third-order valence-electron chi connectivity index (χ3n) is 3.20. The average molecular weight is 171 g/mol. The summed E-state index contributed by atoms with van der Waals surface area (Å²) >= 11 is 0. The molecule has 2 bridgehead atoms. The summed E-state index contributed by atoms with van der Waals surface area (Å²) in [6.45, 7) is 1.18. The zero-order chi connectivity index (χ0) is 8.84. The van der Waals surface area contributed by atoms with E-state index in [9.17, 15) is 0 Å². The zero-order valence-corrected chi connectivity index (χ0v) is 7.77. The van der Waals surface area contributed by atoms with Gasteiger partial charge in [0.2, 0.25) is 0 Å². The lowest BCUT2D eigenvalue weighted by Crippen LogP contribution is -2.36. The molecule has 0 radical (unpaired) electrons. The molecule has 1 aromatic carbocycles. The van der Waals surface area contributed by atoms with E-state index in [1.165, 1.54) is 17.7 Å². The quantitative estimate of drug-likeness (QED) is 0.541. The summed E-state index contributed by atoms with van der Waals surface area (Å²) in [5, 5.41) is 0. The maximum Gasteiger partial charge on any atom is 0.0532 e. The number of hydrogen-bond donors (Lipinski definition) is 0. The Kier molecular flexibility index (Phi) is 1.39. The van der Waals surface area contributed by atoms with Gasteiger partial charge in [0.1, 0.15) is 0 Å². The summed E-state index contributed by atoms with van der Waals surface area (Å²) in [6.07, 6.45) is 4.68. The van der Waals surface area contributed by atoms with Crippen molar-refractivity contribution < 1.29 is 0 Å². The van der Waals surface area contributed by atoms with Crippen LogP contribution in [0.1, 0.15) is 23.1 Å². The number of rotatable bonds is 0. The Bertz CT molecular complexity index is 367. The van der Waals surface area contributed by atoms with Crippen LogP contribution in [0.5, 0.6) is 0 Å². The molecule has 4 rings (SSSR count). The fourth-order valence-corrected chi connectivity index (χ4v) is 2.53. The first kappa shape index (κ1) is 7.34. The molecular formula is C12H13N. The van der Waals surface area contributed by atoms with Gasteiger partial charge in [-0.2, -0.15) is 0 Å². The summed E-state index contributed by atoms with van der Waals surface area (Å²) in [5.41, 5.74) is 3.04.